The molecule has 2 unspecified atom stereocenters. The Hall–Kier alpha value is -4.32. The number of fused-ring (bicyclic) bond motifs is 1. The van der Waals surface area contributed by atoms with Crippen molar-refractivity contribution >= 4 is 46.4 Å². The molecule has 4 rings (SSSR count). The number of nitrogens with two attached hydrogens (primary N) is 1. The number of hydrogen-bond acceptors (Lipinski definition) is 8. The maximum Gasteiger partial charge on any atom is 0.355 e. The zero-order valence-electron chi connectivity index (χ0n) is 22.7. The van der Waals surface area contributed by atoms with Crippen LogP contribution in [0.1, 0.15) is 66.7 Å². The lowest BCUT2D eigenvalue weighted by molar-refractivity contribution is -0.137. The van der Waals surface area contributed by atoms with E-state index < -0.39 is 29.3 Å². The summed E-state index contributed by atoms with van der Waals surface area (Å²) in [5.41, 5.74) is 6.07. The van der Waals surface area contributed by atoms with E-state index in [-0.39, 0.29) is 23.9 Å². The molecule has 0 radical (unpaired) electrons. The van der Waals surface area contributed by atoms with Crippen LogP contribution in [0.5, 0.6) is 5.75 Å². The van der Waals surface area contributed by atoms with Gasteiger partial charge in [-0.05, 0) is 57.4 Å². The van der Waals surface area contributed by atoms with Crippen molar-refractivity contribution in [1.82, 2.24) is 9.97 Å². The third-order valence-corrected chi connectivity index (χ3v) is 7.91. The number of ether oxygens (including phenoxy) is 1. The number of pyridine rings is 1. The van der Waals surface area contributed by atoms with Gasteiger partial charge in [0.25, 0.3) is 0 Å². The first-order chi connectivity index (χ1) is 18.9. The number of aromatic carboxylic acids is 1. The van der Waals surface area contributed by atoms with E-state index >= 15 is 0 Å². The fraction of sp³-hybridized carbons (Fsp3) is 0.357. The van der Waals surface area contributed by atoms with Gasteiger partial charge in [0, 0.05) is 37.4 Å². The summed E-state index contributed by atoms with van der Waals surface area (Å²) in [4.78, 5) is 61.5. The summed E-state index contributed by atoms with van der Waals surface area (Å²) in [5, 5.41) is 11.2. The van der Waals surface area contributed by atoms with Crippen molar-refractivity contribution in [3.8, 4) is 5.75 Å². The first kappa shape index (κ1) is 28.7. The van der Waals surface area contributed by atoms with E-state index in [1.54, 1.807) is 68.5 Å². The minimum absolute atomic E-state index is 0.112. The third-order valence-electron chi connectivity index (χ3n) is 6.98. The van der Waals surface area contributed by atoms with Gasteiger partial charge in [-0.15, -0.1) is 11.3 Å². The molecule has 3 amide bonds. The number of amides is 3. The van der Waals surface area contributed by atoms with Crippen LogP contribution in [0, 0.1) is 5.41 Å². The van der Waals surface area contributed by atoms with Crippen molar-refractivity contribution < 1.29 is 29.0 Å². The van der Waals surface area contributed by atoms with E-state index in [0.717, 1.165) is 11.3 Å². The molecule has 11 nitrogen and oxygen atoms in total. The van der Waals surface area contributed by atoms with Crippen LogP contribution in [-0.4, -0.2) is 52.4 Å². The Labute approximate surface area is 235 Å². The first-order valence-electron chi connectivity index (χ1n) is 12.7. The lowest BCUT2D eigenvalue weighted by atomic mass is 9.90. The number of carbonyl (C=O) groups is 4. The summed E-state index contributed by atoms with van der Waals surface area (Å²) >= 11 is 1.14. The van der Waals surface area contributed by atoms with Crippen LogP contribution in [0.25, 0.3) is 0 Å². The summed E-state index contributed by atoms with van der Waals surface area (Å²) in [6.45, 7) is 5.43. The maximum atomic E-state index is 13.2. The van der Waals surface area contributed by atoms with Gasteiger partial charge in [0.05, 0.1) is 17.3 Å². The molecule has 0 spiro atoms. The van der Waals surface area contributed by atoms with Crippen LogP contribution in [0.2, 0.25) is 0 Å². The van der Waals surface area contributed by atoms with Crippen LogP contribution >= 0.6 is 11.3 Å². The summed E-state index contributed by atoms with van der Waals surface area (Å²) in [7, 11) is 1.61. The minimum atomic E-state index is -1.25. The number of thiazole rings is 1. The number of anilines is 2. The average molecular weight is 566 g/mol. The average Bonchev–Trinajstić information content (AvgIpc) is 3.42. The van der Waals surface area contributed by atoms with E-state index in [2.05, 4.69) is 9.97 Å². The number of carbonyl (C=O) groups excluding carboxylic acids is 3. The van der Waals surface area contributed by atoms with Gasteiger partial charge in [0.2, 0.25) is 17.7 Å². The standard InChI is InChI=1S/C28H31N5O6S/c1-5-33-20-10-8-17(13-21(20)32(4)26(37)28(2,3)27(33)38)39-22(24-31-19(15-40-24)25(35)36)11-9-18(23(29)34)16-7-6-12-30-14-16/h6-8,10,12-15,18,22H,5,9,11H2,1-4H3,(H2,29,34)(H,35,36). The molecule has 0 bridgehead atoms. The van der Waals surface area contributed by atoms with Gasteiger partial charge in [0.15, 0.2) is 11.8 Å². The first-order valence-corrected chi connectivity index (χ1v) is 13.6. The Morgan fingerprint density at radius 2 is 1.90 bits per heavy atom. The predicted molar refractivity (Wildman–Crippen MR) is 150 cm³/mol. The molecule has 0 saturated heterocycles. The lowest BCUT2D eigenvalue weighted by Crippen LogP contribution is -2.47. The lowest BCUT2D eigenvalue weighted by Gasteiger charge is -2.27. The highest BCUT2D eigenvalue weighted by molar-refractivity contribution is 7.09. The van der Waals surface area contributed by atoms with Crippen molar-refractivity contribution in [2.75, 3.05) is 23.4 Å². The van der Waals surface area contributed by atoms with Gasteiger partial charge in [-0.25, -0.2) is 9.78 Å². The molecule has 2 aromatic heterocycles. The largest absolute Gasteiger partial charge is 0.483 e. The highest BCUT2D eigenvalue weighted by Crippen LogP contribution is 2.41. The van der Waals surface area contributed by atoms with Crippen molar-refractivity contribution in [3.63, 3.8) is 0 Å². The number of carboxylic acid groups (broad SMARTS) is 1. The third kappa shape index (κ3) is 5.53. The summed E-state index contributed by atoms with van der Waals surface area (Å²) in [6, 6.07) is 8.58. The molecule has 3 aromatic rings. The normalized spacial score (nSPS) is 16.2. The molecular formula is C28H31N5O6S. The van der Waals surface area contributed by atoms with E-state index in [1.165, 1.54) is 10.3 Å². The number of rotatable bonds is 10. The predicted octanol–water partition coefficient (Wildman–Crippen LogP) is 3.76. The Bertz CT molecular complexity index is 1440. The number of carboxylic acids is 1. The monoisotopic (exact) mass is 565 g/mol. The highest BCUT2D eigenvalue weighted by atomic mass is 32.1. The molecule has 3 heterocycles. The molecule has 1 aliphatic heterocycles. The number of primary amides is 1. The highest BCUT2D eigenvalue weighted by Gasteiger charge is 2.45. The minimum Gasteiger partial charge on any atom is -0.483 e. The van der Waals surface area contributed by atoms with Crippen LogP contribution in [0.4, 0.5) is 11.4 Å². The molecule has 0 aliphatic carbocycles. The molecule has 3 N–H and O–H groups in total. The second-order valence-electron chi connectivity index (χ2n) is 9.99. The molecule has 1 aromatic carbocycles. The Kier molecular flexibility index (Phi) is 8.19. The molecule has 210 valence electrons. The summed E-state index contributed by atoms with van der Waals surface area (Å²) in [5.74, 6) is -2.58. The van der Waals surface area contributed by atoms with Gasteiger partial charge >= 0.3 is 5.97 Å². The van der Waals surface area contributed by atoms with Crippen molar-refractivity contribution in [2.45, 2.75) is 45.6 Å². The Morgan fingerprint density at radius 1 is 1.15 bits per heavy atom. The number of aromatic nitrogens is 2. The van der Waals surface area contributed by atoms with Crippen molar-refractivity contribution in [2.24, 2.45) is 11.1 Å². The van der Waals surface area contributed by atoms with Crippen molar-refractivity contribution in [1.29, 1.82) is 0 Å². The molecule has 0 saturated carbocycles. The number of hydrogen-bond donors (Lipinski definition) is 2. The van der Waals surface area contributed by atoms with Crippen LogP contribution in [-0.2, 0) is 14.4 Å². The fourth-order valence-corrected chi connectivity index (χ4v) is 5.61. The SMILES string of the molecule is CCN1C(=O)C(C)(C)C(=O)N(C)c2cc(OC(CCC(C(N)=O)c3cccnc3)c3nc(C(=O)O)cs3)ccc21. The molecule has 1 aliphatic rings. The summed E-state index contributed by atoms with van der Waals surface area (Å²) < 4.78 is 6.34. The topological polar surface area (TPSA) is 156 Å². The second kappa shape index (κ2) is 11.4. The second-order valence-corrected chi connectivity index (χ2v) is 10.9. The molecule has 2 atom stereocenters. The van der Waals surface area contributed by atoms with Gasteiger partial charge in [0.1, 0.15) is 16.2 Å². The van der Waals surface area contributed by atoms with Crippen LogP contribution in [0.15, 0.2) is 48.1 Å². The van der Waals surface area contributed by atoms with Gasteiger partial charge in [-0.2, -0.15) is 0 Å². The smallest absolute Gasteiger partial charge is 0.355 e. The van der Waals surface area contributed by atoms with Gasteiger partial charge < -0.3 is 25.4 Å². The maximum absolute atomic E-state index is 13.2. The molecular weight excluding hydrogens is 534 g/mol. The molecule has 12 heteroatoms. The van der Waals surface area contributed by atoms with Gasteiger partial charge in [-0.3, -0.25) is 19.4 Å². The number of nitrogens with zero attached hydrogens (tertiary/aromatic N) is 4. The zero-order chi connectivity index (χ0) is 29.2. The van der Waals surface area contributed by atoms with Crippen LogP contribution < -0.4 is 20.3 Å². The van der Waals surface area contributed by atoms with Gasteiger partial charge in [-0.1, -0.05) is 6.07 Å². The van der Waals surface area contributed by atoms with Crippen LogP contribution in [0.3, 0.4) is 0 Å². The zero-order valence-corrected chi connectivity index (χ0v) is 23.5. The molecule has 40 heavy (non-hydrogen) atoms. The fourth-order valence-electron chi connectivity index (χ4n) is 4.76. The molecule has 0 fully saturated rings. The van der Waals surface area contributed by atoms with E-state index in [1.807, 2.05) is 6.92 Å². The van der Waals surface area contributed by atoms with E-state index in [0.29, 0.717) is 40.7 Å². The Morgan fingerprint density at radius 3 is 2.50 bits per heavy atom. The number of benzene rings is 1. The quantitative estimate of drug-likeness (QED) is 0.352. The van der Waals surface area contributed by atoms with Crippen molar-refractivity contribution in [3.05, 3.63) is 64.4 Å². The van der Waals surface area contributed by atoms with E-state index in [4.69, 9.17) is 10.5 Å². The van der Waals surface area contributed by atoms with E-state index in [9.17, 15) is 24.3 Å². The Balaban J connectivity index is 1.69. The summed E-state index contributed by atoms with van der Waals surface area (Å²) in [6.07, 6.45) is 3.04.